The molecule has 58 valence electrons. The zero-order chi connectivity index (χ0) is 7.35. The summed E-state index contributed by atoms with van der Waals surface area (Å²) in [5.74, 6) is 0.857. The number of nitrogens with one attached hydrogen (secondary N) is 1. The molecule has 4 heteroatoms. The van der Waals surface area contributed by atoms with Gasteiger partial charge < -0.3 is 5.32 Å². The molecule has 3 nitrogen and oxygen atoms in total. The molecule has 2 fully saturated rings. The first-order valence-electron chi connectivity index (χ1n) is 3.55. The molecule has 0 amide bonds. The lowest BCUT2D eigenvalue weighted by Gasteiger charge is -1.99. The van der Waals surface area contributed by atoms with Gasteiger partial charge in [-0.25, -0.2) is 8.42 Å². The monoisotopic (exact) mass is 161 g/mol. The molecule has 2 aliphatic rings. The topological polar surface area (TPSA) is 46.2 Å². The third kappa shape index (κ3) is 0.661. The second kappa shape index (κ2) is 1.74. The van der Waals surface area contributed by atoms with Crippen molar-refractivity contribution in [3.63, 3.8) is 0 Å². The van der Waals surface area contributed by atoms with Crippen LogP contribution in [0.4, 0.5) is 0 Å². The zero-order valence-electron chi connectivity index (χ0n) is 5.87. The number of hydrogen-bond acceptors (Lipinski definition) is 3. The average molecular weight is 161 g/mol. The molecule has 1 heterocycles. The molecule has 1 saturated carbocycles. The van der Waals surface area contributed by atoms with E-state index in [9.17, 15) is 8.42 Å². The van der Waals surface area contributed by atoms with Crippen molar-refractivity contribution < 1.29 is 8.42 Å². The molecule has 2 rings (SSSR count). The fraction of sp³-hybridized carbons (Fsp3) is 1.00. The predicted octanol–water partition coefficient (Wildman–Crippen LogP) is -0.609. The van der Waals surface area contributed by atoms with Crippen LogP contribution in [0.15, 0.2) is 0 Å². The molecular weight excluding hydrogens is 150 g/mol. The highest BCUT2D eigenvalue weighted by atomic mass is 32.2. The van der Waals surface area contributed by atoms with Crippen LogP contribution in [-0.4, -0.2) is 32.5 Å². The van der Waals surface area contributed by atoms with Crippen molar-refractivity contribution in [2.75, 3.05) is 12.8 Å². The first-order valence-corrected chi connectivity index (χ1v) is 5.27. The lowest BCUT2D eigenvalue weighted by molar-refractivity contribution is 0.591. The van der Waals surface area contributed by atoms with Gasteiger partial charge in [-0.3, -0.25) is 0 Å². The van der Waals surface area contributed by atoms with Crippen molar-refractivity contribution >= 4 is 9.84 Å². The minimum Gasteiger partial charge on any atom is -0.315 e. The molecule has 3 atom stereocenters. The summed E-state index contributed by atoms with van der Waals surface area (Å²) in [7, 11) is -0.843. The first-order chi connectivity index (χ1) is 4.67. The predicted molar refractivity (Wildman–Crippen MR) is 38.5 cm³/mol. The van der Waals surface area contributed by atoms with Crippen LogP contribution in [0.3, 0.4) is 0 Å². The Balaban J connectivity index is 2.22. The van der Waals surface area contributed by atoms with Gasteiger partial charge >= 0.3 is 0 Å². The van der Waals surface area contributed by atoms with Gasteiger partial charge in [-0.15, -0.1) is 0 Å². The minimum atomic E-state index is -2.67. The maximum absolute atomic E-state index is 11.1. The van der Waals surface area contributed by atoms with Crippen LogP contribution in [0.2, 0.25) is 0 Å². The van der Waals surface area contributed by atoms with Crippen LogP contribution in [0, 0.1) is 5.92 Å². The van der Waals surface area contributed by atoms with Gasteiger partial charge in [0.15, 0.2) is 9.84 Å². The third-order valence-corrected chi connectivity index (χ3v) is 4.86. The Hall–Kier alpha value is -0.0900. The Morgan fingerprint density at radius 3 is 2.50 bits per heavy atom. The van der Waals surface area contributed by atoms with E-state index in [1.54, 1.807) is 0 Å². The molecule has 0 aromatic carbocycles. The molecule has 0 aromatic rings. The van der Waals surface area contributed by atoms with E-state index in [1.165, 1.54) is 0 Å². The third-order valence-electron chi connectivity index (χ3n) is 2.58. The van der Waals surface area contributed by atoms with E-state index in [0.29, 0.717) is 11.7 Å². The largest absolute Gasteiger partial charge is 0.315 e. The van der Waals surface area contributed by atoms with E-state index in [4.69, 9.17) is 0 Å². The number of fused-ring (bicyclic) bond motifs is 1. The van der Waals surface area contributed by atoms with E-state index in [-0.39, 0.29) is 11.3 Å². The SMILES string of the molecule is CNC1C2CCS(=O)(=O)C21. The van der Waals surface area contributed by atoms with E-state index in [0.717, 1.165) is 6.42 Å². The van der Waals surface area contributed by atoms with E-state index >= 15 is 0 Å². The molecule has 3 unspecified atom stereocenters. The van der Waals surface area contributed by atoms with Crippen LogP contribution in [-0.2, 0) is 9.84 Å². The average Bonchev–Trinajstić information content (AvgIpc) is 2.50. The lowest BCUT2D eigenvalue weighted by atomic mass is 10.3. The van der Waals surface area contributed by atoms with Crippen LogP contribution < -0.4 is 5.32 Å². The van der Waals surface area contributed by atoms with Crippen LogP contribution >= 0.6 is 0 Å². The molecule has 1 aliphatic carbocycles. The van der Waals surface area contributed by atoms with Gasteiger partial charge in [-0.05, 0) is 19.4 Å². The Morgan fingerprint density at radius 2 is 2.20 bits per heavy atom. The highest BCUT2D eigenvalue weighted by Crippen LogP contribution is 2.46. The van der Waals surface area contributed by atoms with Gasteiger partial charge in [0.2, 0.25) is 0 Å². The first kappa shape index (κ1) is 6.61. The van der Waals surface area contributed by atoms with Crippen molar-refractivity contribution in [3.8, 4) is 0 Å². The van der Waals surface area contributed by atoms with Gasteiger partial charge in [0.1, 0.15) is 0 Å². The van der Waals surface area contributed by atoms with Gasteiger partial charge in [0.05, 0.1) is 11.0 Å². The lowest BCUT2D eigenvalue weighted by Crippen LogP contribution is -2.22. The van der Waals surface area contributed by atoms with Crippen molar-refractivity contribution in [1.29, 1.82) is 0 Å². The summed E-state index contributed by atoms with van der Waals surface area (Å²) in [6.45, 7) is 0. The van der Waals surface area contributed by atoms with Crippen LogP contribution in [0.25, 0.3) is 0 Å². The zero-order valence-corrected chi connectivity index (χ0v) is 6.69. The maximum Gasteiger partial charge on any atom is 0.155 e. The number of rotatable bonds is 1. The van der Waals surface area contributed by atoms with Crippen molar-refractivity contribution in [2.24, 2.45) is 5.92 Å². The summed E-state index contributed by atoms with van der Waals surface area (Å²) < 4.78 is 22.3. The van der Waals surface area contributed by atoms with Crippen molar-refractivity contribution in [3.05, 3.63) is 0 Å². The van der Waals surface area contributed by atoms with E-state index in [2.05, 4.69) is 5.32 Å². The second-order valence-corrected chi connectivity index (χ2v) is 5.38. The Labute approximate surface area is 60.7 Å². The number of hydrogen-bond donors (Lipinski definition) is 1. The summed E-state index contributed by atoms with van der Waals surface area (Å²) in [5.41, 5.74) is 0. The van der Waals surface area contributed by atoms with Gasteiger partial charge in [-0.2, -0.15) is 0 Å². The fourth-order valence-corrected chi connectivity index (χ4v) is 4.40. The summed E-state index contributed by atoms with van der Waals surface area (Å²) in [5, 5.41) is 2.99. The van der Waals surface area contributed by atoms with Gasteiger partial charge in [-0.1, -0.05) is 0 Å². The van der Waals surface area contributed by atoms with Gasteiger partial charge in [0, 0.05) is 6.04 Å². The molecule has 1 saturated heterocycles. The van der Waals surface area contributed by atoms with Crippen LogP contribution in [0.1, 0.15) is 6.42 Å². The summed E-state index contributed by atoms with van der Waals surface area (Å²) in [6.07, 6.45) is 0.874. The van der Waals surface area contributed by atoms with Crippen LogP contribution in [0.5, 0.6) is 0 Å². The smallest absolute Gasteiger partial charge is 0.155 e. The molecule has 0 spiro atoms. The Bertz CT molecular complexity index is 242. The molecule has 1 N–H and O–H groups in total. The molecule has 0 radical (unpaired) electrons. The standard InChI is InChI=1S/C6H11NO2S/c1-7-5-4-2-3-10(8,9)6(4)5/h4-7H,2-3H2,1H3. The van der Waals surface area contributed by atoms with Crippen molar-refractivity contribution in [1.82, 2.24) is 5.32 Å². The van der Waals surface area contributed by atoms with Crippen molar-refractivity contribution in [2.45, 2.75) is 17.7 Å². The van der Waals surface area contributed by atoms with E-state index < -0.39 is 9.84 Å². The maximum atomic E-state index is 11.1. The Kier molecular flexibility index (Phi) is 1.15. The molecular formula is C6H11NO2S. The summed E-state index contributed by atoms with van der Waals surface area (Å²) >= 11 is 0. The normalized spacial score (nSPS) is 48.7. The fourth-order valence-electron chi connectivity index (χ4n) is 1.99. The second-order valence-electron chi connectivity index (χ2n) is 3.10. The van der Waals surface area contributed by atoms with E-state index in [1.807, 2.05) is 7.05 Å². The Morgan fingerprint density at radius 1 is 1.50 bits per heavy atom. The molecule has 1 aliphatic heterocycles. The number of sulfone groups is 1. The highest BCUT2D eigenvalue weighted by Gasteiger charge is 2.61. The highest BCUT2D eigenvalue weighted by molar-refractivity contribution is 7.92. The quantitative estimate of drug-likeness (QED) is 0.558. The molecule has 0 aromatic heterocycles. The molecule has 10 heavy (non-hydrogen) atoms. The molecule has 0 bridgehead atoms. The summed E-state index contributed by atoms with van der Waals surface area (Å²) in [4.78, 5) is 0. The minimum absolute atomic E-state index is 0.0301. The summed E-state index contributed by atoms with van der Waals surface area (Å²) in [6, 6.07) is 0.277. The van der Waals surface area contributed by atoms with Gasteiger partial charge in [0.25, 0.3) is 0 Å².